The number of anilines is 1. The van der Waals surface area contributed by atoms with Gasteiger partial charge in [-0.25, -0.2) is 0 Å². The van der Waals surface area contributed by atoms with Crippen LogP contribution in [-0.2, 0) is 20.7 Å². The number of hydrogen-bond acceptors (Lipinski definition) is 3. The van der Waals surface area contributed by atoms with Gasteiger partial charge in [-0.1, -0.05) is 48.0 Å². The van der Waals surface area contributed by atoms with Crippen LogP contribution in [0.5, 0.6) is 0 Å². The number of hydrogen-bond donors (Lipinski definition) is 1. The van der Waals surface area contributed by atoms with Gasteiger partial charge in [0.25, 0.3) is 0 Å². The van der Waals surface area contributed by atoms with E-state index in [1.54, 1.807) is 24.3 Å². The predicted octanol–water partition coefficient (Wildman–Crippen LogP) is 4.62. The molecule has 1 N–H and O–H groups in total. The summed E-state index contributed by atoms with van der Waals surface area (Å²) < 4.78 is 5.19. The minimum Gasteiger partial charge on any atom is -0.466 e. The number of amides is 1. The molecule has 2 aromatic rings. The lowest BCUT2D eigenvalue weighted by atomic mass is 10.1. The van der Waals surface area contributed by atoms with Crippen LogP contribution < -0.4 is 5.32 Å². The zero-order valence-electron chi connectivity index (χ0n) is 14.0. The number of esters is 1. The van der Waals surface area contributed by atoms with E-state index in [-0.39, 0.29) is 24.7 Å². The van der Waals surface area contributed by atoms with E-state index in [0.29, 0.717) is 23.7 Å². The molecule has 0 fully saturated rings. The number of aryl methyl sites for hydroxylation is 1. The first-order valence-corrected chi connectivity index (χ1v) is 8.76. The second-order valence-electron chi connectivity index (χ2n) is 5.72. The van der Waals surface area contributed by atoms with Gasteiger partial charge in [0, 0.05) is 23.6 Å². The molecule has 5 heteroatoms. The van der Waals surface area contributed by atoms with Crippen molar-refractivity contribution in [2.45, 2.75) is 32.1 Å². The van der Waals surface area contributed by atoms with Crippen molar-refractivity contribution in [1.82, 2.24) is 0 Å². The summed E-state index contributed by atoms with van der Waals surface area (Å²) in [6.45, 7) is 0.405. The van der Waals surface area contributed by atoms with E-state index in [4.69, 9.17) is 16.3 Å². The maximum Gasteiger partial charge on any atom is 0.305 e. The minimum atomic E-state index is -0.261. The lowest BCUT2D eigenvalue weighted by molar-refractivity contribution is -0.143. The maximum absolute atomic E-state index is 11.8. The predicted molar refractivity (Wildman–Crippen MR) is 99.7 cm³/mol. The molecule has 1 amide bonds. The van der Waals surface area contributed by atoms with E-state index >= 15 is 0 Å². The Kier molecular flexibility index (Phi) is 7.99. The first kappa shape index (κ1) is 19.0. The molecule has 0 radical (unpaired) electrons. The molecule has 132 valence electrons. The largest absolute Gasteiger partial charge is 0.466 e. The molecule has 0 spiro atoms. The van der Waals surface area contributed by atoms with Crippen molar-refractivity contribution in [2.24, 2.45) is 0 Å². The molecule has 0 heterocycles. The quantitative estimate of drug-likeness (QED) is 0.524. The van der Waals surface area contributed by atoms with Gasteiger partial charge in [-0.3, -0.25) is 9.59 Å². The van der Waals surface area contributed by atoms with Crippen molar-refractivity contribution in [3.63, 3.8) is 0 Å². The highest BCUT2D eigenvalue weighted by atomic mass is 35.5. The highest BCUT2D eigenvalue weighted by Crippen LogP contribution is 2.15. The smallest absolute Gasteiger partial charge is 0.305 e. The van der Waals surface area contributed by atoms with Gasteiger partial charge in [0.15, 0.2) is 0 Å². The molecule has 0 aliphatic rings. The zero-order chi connectivity index (χ0) is 17.9. The summed E-state index contributed by atoms with van der Waals surface area (Å²) >= 11 is 5.86. The fourth-order valence-electron chi connectivity index (χ4n) is 2.36. The van der Waals surface area contributed by atoms with Gasteiger partial charge < -0.3 is 10.1 Å². The molecule has 0 bridgehead atoms. The molecular weight excluding hydrogens is 338 g/mol. The highest BCUT2D eigenvalue weighted by Gasteiger charge is 2.07. The molecule has 2 aromatic carbocycles. The van der Waals surface area contributed by atoms with Crippen LogP contribution in [-0.4, -0.2) is 18.5 Å². The van der Waals surface area contributed by atoms with Gasteiger partial charge in [0.1, 0.15) is 0 Å². The SMILES string of the molecule is O=C(CCCC(=O)OCCCc1ccccc1)Nc1cccc(Cl)c1. The Morgan fingerprint density at radius 3 is 2.52 bits per heavy atom. The molecule has 4 nitrogen and oxygen atoms in total. The van der Waals surface area contributed by atoms with Gasteiger partial charge in [0.05, 0.1) is 6.61 Å². The Bertz CT molecular complexity index is 688. The third-order valence-corrected chi connectivity index (χ3v) is 3.84. The van der Waals surface area contributed by atoms with Crippen molar-refractivity contribution in [3.05, 3.63) is 65.2 Å². The van der Waals surface area contributed by atoms with Crippen LogP contribution in [0.15, 0.2) is 54.6 Å². The third-order valence-electron chi connectivity index (χ3n) is 3.61. The number of nitrogens with one attached hydrogen (secondary N) is 1. The fourth-order valence-corrected chi connectivity index (χ4v) is 2.55. The summed E-state index contributed by atoms with van der Waals surface area (Å²) in [6, 6.07) is 17.0. The second kappa shape index (κ2) is 10.5. The number of ether oxygens (including phenoxy) is 1. The Hall–Kier alpha value is -2.33. The molecule has 0 saturated heterocycles. The van der Waals surface area contributed by atoms with Gasteiger partial charge in [-0.2, -0.15) is 0 Å². The van der Waals surface area contributed by atoms with Crippen LogP contribution in [0.3, 0.4) is 0 Å². The van der Waals surface area contributed by atoms with Crippen LogP contribution in [0, 0.1) is 0 Å². The van der Waals surface area contributed by atoms with Gasteiger partial charge >= 0.3 is 5.97 Å². The average Bonchev–Trinajstić information content (AvgIpc) is 2.60. The molecular formula is C20H22ClNO3. The van der Waals surface area contributed by atoms with E-state index in [1.165, 1.54) is 5.56 Å². The summed E-state index contributed by atoms with van der Waals surface area (Å²) in [4.78, 5) is 23.5. The van der Waals surface area contributed by atoms with Crippen molar-refractivity contribution in [2.75, 3.05) is 11.9 Å². The summed E-state index contributed by atoms with van der Waals surface area (Å²) in [5, 5.41) is 3.32. The molecule has 2 rings (SSSR count). The number of benzene rings is 2. The molecule has 0 aliphatic heterocycles. The number of rotatable bonds is 9. The molecule has 0 aliphatic carbocycles. The van der Waals surface area contributed by atoms with E-state index in [9.17, 15) is 9.59 Å². The van der Waals surface area contributed by atoms with Crippen LogP contribution in [0.4, 0.5) is 5.69 Å². The summed E-state index contributed by atoms with van der Waals surface area (Å²) in [5.74, 6) is -0.400. The summed E-state index contributed by atoms with van der Waals surface area (Å²) in [6.07, 6.45) is 2.66. The van der Waals surface area contributed by atoms with Gasteiger partial charge in [-0.05, 0) is 43.0 Å². The fraction of sp³-hybridized carbons (Fsp3) is 0.300. The standard InChI is InChI=1S/C20H22ClNO3/c21-17-10-4-11-18(15-17)22-19(23)12-5-13-20(24)25-14-6-9-16-7-2-1-3-8-16/h1-4,7-8,10-11,15H,5-6,9,12-14H2,(H,22,23). The number of halogens is 1. The van der Waals surface area contributed by atoms with Crippen LogP contribution in [0.1, 0.15) is 31.2 Å². The Labute approximate surface area is 153 Å². The molecule has 0 unspecified atom stereocenters. The second-order valence-corrected chi connectivity index (χ2v) is 6.16. The average molecular weight is 360 g/mol. The zero-order valence-corrected chi connectivity index (χ0v) is 14.8. The number of carbonyl (C=O) groups is 2. The van der Waals surface area contributed by atoms with Crippen LogP contribution in [0.25, 0.3) is 0 Å². The normalized spacial score (nSPS) is 10.3. The lowest BCUT2D eigenvalue weighted by Gasteiger charge is -2.06. The van der Waals surface area contributed by atoms with Crippen molar-refractivity contribution in [1.29, 1.82) is 0 Å². The Morgan fingerprint density at radius 2 is 1.76 bits per heavy atom. The molecule has 0 atom stereocenters. The Balaban J connectivity index is 1.55. The monoisotopic (exact) mass is 359 g/mol. The summed E-state index contributed by atoms with van der Waals surface area (Å²) in [7, 11) is 0. The minimum absolute atomic E-state index is 0.140. The summed E-state index contributed by atoms with van der Waals surface area (Å²) in [5.41, 5.74) is 1.89. The third kappa shape index (κ3) is 7.86. The lowest BCUT2D eigenvalue weighted by Crippen LogP contribution is -2.13. The highest BCUT2D eigenvalue weighted by molar-refractivity contribution is 6.30. The van der Waals surface area contributed by atoms with Crippen LogP contribution >= 0.6 is 11.6 Å². The Morgan fingerprint density at radius 1 is 0.960 bits per heavy atom. The topological polar surface area (TPSA) is 55.4 Å². The first-order chi connectivity index (χ1) is 12.1. The molecule has 25 heavy (non-hydrogen) atoms. The van der Waals surface area contributed by atoms with Gasteiger partial charge in [-0.15, -0.1) is 0 Å². The van der Waals surface area contributed by atoms with Crippen molar-refractivity contribution < 1.29 is 14.3 Å². The van der Waals surface area contributed by atoms with Crippen molar-refractivity contribution >= 4 is 29.2 Å². The van der Waals surface area contributed by atoms with E-state index in [1.807, 2.05) is 18.2 Å². The van der Waals surface area contributed by atoms with E-state index in [2.05, 4.69) is 17.4 Å². The van der Waals surface area contributed by atoms with Crippen molar-refractivity contribution in [3.8, 4) is 0 Å². The first-order valence-electron chi connectivity index (χ1n) is 8.38. The molecule has 0 aromatic heterocycles. The maximum atomic E-state index is 11.8. The van der Waals surface area contributed by atoms with E-state index in [0.717, 1.165) is 12.8 Å². The van der Waals surface area contributed by atoms with E-state index < -0.39 is 0 Å². The molecule has 0 saturated carbocycles. The number of carbonyl (C=O) groups excluding carboxylic acids is 2. The van der Waals surface area contributed by atoms with Crippen LogP contribution in [0.2, 0.25) is 5.02 Å². The van der Waals surface area contributed by atoms with Gasteiger partial charge in [0.2, 0.25) is 5.91 Å².